The molecule has 5 saturated carbocycles. The van der Waals surface area contributed by atoms with Crippen LogP contribution in [0.15, 0.2) is 0 Å². The quantitative estimate of drug-likeness (QED) is 0.222. The van der Waals surface area contributed by atoms with E-state index in [-0.39, 0.29) is 36.1 Å². The maximum Gasteiger partial charge on any atom is 0.303 e. The minimum absolute atomic E-state index is 0.0419. The summed E-state index contributed by atoms with van der Waals surface area (Å²) in [5, 5.41) is 41.6. The second-order valence-electron chi connectivity index (χ2n) is 16.7. The van der Waals surface area contributed by atoms with E-state index in [0.717, 1.165) is 50.4 Å². The Bertz CT molecular complexity index is 1030. The lowest BCUT2D eigenvalue weighted by Gasteiger charge is -2.62. The summed E-state index contributed by atoms with van der Waals surface area (Å²) in [4.78, 5) is 11.5. The standard InChI is InChI=1S/C35H58O8/c1-20(7-6-12-32(3,4)43-21(2)37)25-8-9-26-24-15-22-16-35(22)17-23(42-31-30(40)29(39)28(38)18-41-31)10-14-34(35,19-36)27(24)11-13-33(25,26)5/h20,22-31,36,38-40H,6-19H2,1-5H3/t20-,22+,23+,24+,25-,26+,27+,28-,29-,30+,31+,33-,34+,35?/m1/s1. The van der Waals surface area contributed by atoms with Gasteiger partial charge >= 0.3 is 5.97 Å². The third-order valence-electron chi connectivity index (χ3n) is 14.1. The average Bonchev–Trinajstić information content (AvgIpc) is 3.52. The van der Waals surface area contributed by atoms with Crippen molar-refractivity contribution in [2.24, 2.45) is 51.8 Å². The van der Waals surface area contributed by atoms with Gasteiger partial charge in [0.1, 0.15) is 23.9 Å². The second kappa shape index (κ2) is 11.5. The molecule has 6 rings (SSSR count). The molecule has 4 N–H and O–H groups in total. The van der Waals surface area contributed by atoms with Crippen LogP contribution in [0.25, 0.3) is 0 Å². The summed E-state index contributed by atoms with van der Waals surface area (Å²) >= 11 is 0. The first-order chi connectivity index (χ1) is 20.3. The van der Waals surface area contributed by atoms with E-state index in [4.69, 9.17) is 14.2 Å². The third-order valence-corrected chi connectivity index (χ3v) is 14.1. The monoisotopic (exact) mass is 606 g/mol. The van der Waals surface area contributed by atoms with Crippen LogP contribution in [0.3, 0.4) is 0 Å². The predicted molar refractivity (Wildman–Crippen MR) is 161 cm³/mol. The SMILES string of the molecule is CC(=O)OC(C)(C)CCC[C@@H](C)[C@H]1CC[C@H]2[C@@H]3C[C@H]4CC45C[C@@H](O[C@@H]4OC[C@@H](O)[C@@H](O)[C@@H]4O)CC[C@]5(CO)[C@H]3CC[C@]12C. The van der Waals surface area contributed by atoms with Gasteiger partial charge < -0.3 is 34.6 Å². The van der Waals surface area contributed by atoms with Crippen molar-refractivity contribution >= 4 is 5.97 Å². The highest BCUT2D eigenvalue weighted by Crippen LogP contribution is 2.81. The van der Waals surface area contributed by atoms with E-state index in [1.54, 1.807) is 0 Å². The zero-order chi connectivity index (χ0) is 30.9. The molecule has 0 amide bonds. The molecule has 0 bridgehead atoms. The molecule has 8 heteroatoms. The van der Waals surface area contributed by atoms with Crippen molar-refractivity contribution in [3.05, 3.63) is 0 Å². The Hall–Kier alpha value is -0.770. The molecular weight excluding hydrogens is 548 g/mol. The summed E-state index contributed by atoms with van der Waals surface area (Å²) in [5.74, 6) is 3.77. The van der Waals surface area contributed by atoms with Gasteiger partial charge in [-0.3, -0.25) is 4.79 Å². The number of carbonyl (C=O) groups is 1. The summed E-state index contributed by atoms with van der Waals surface area (Å²) in [5.41, 5.74) is 0.0187. The highest BCUT2D eigenvalue weighted by Gasteiger charge is 2.75. The predicted octanol–water partition coefficient (Wildman–Crippen LogP) is 4.59. The lowest BCUT2D eigenvalue weighted by molar-refractivity contribution is -0.292. The molecule has 0 aromatic rings. The van der Waals surface area contributed by atoms with Crippen LogP contribution >= 0.6 is 0 Å². The van der Waals surface area contributed by atoms with Crippen molar-refractivity contribution in [1.29, 1.82) is 0 Å². The fraction of sp³-hybridized carbons (Fsp3) is 0.971. The largest absolute Gasteiger partial charge is 0.460 e. The van der Waals surface area contributed by atoms with Crippen LogP contribution in [0.2, 0.25) is 0 Å². The van der Waals surface area contributed by atoms with Crippen molar-refractivity contribution in [2.75, 3.05) is 13.2 Å². The van der Waals surface area contributed by atoms with Gasteiger partial charge in [0.15, 0.2) is 6.29 Å². The van der Waals surface area contributed by atoms with E-state index < -0.39 is 30.2 Å². The van der Waals surface area contributed by atoms with Crippen LogP contribution in [0, 0.1) is 51.8 Å². The minimum atomic E-state index is -1.26. The Labute approximate surface area is 258 Å². The van der Waals surface area contributed by atoms with Gasteiger partial charge in [-0.15, -0.1) is 0 Å². The van der Waals surface area contributed by atoms with Crippen LogP contribution in [0.1, 0.15) is 112 Å². The summed E-state index contributed by atoms with van der Waals surface area (Å²) in [6, 6.07) is 0. The first-order valence-corrected chi connectivity index (χ1v) is 17.4. The van der Waals surface area contributed by atoms with Crippen LogP contribution < -0.4 is 0 Å². The Morgan fingerprint density at radius 2 is 1.81 bits per heavy atom. The van der Waals surface area contributed by atoms with Gasteiger partial charge in [-0.1, -0.05) is 20.3 Å². The van der Waals surface area contributed by atoms with E-state index >= 15 is 0 Å². The third kappa shape index (κ3) is 5.32. The lowest BCUT2D eigenvalue weighted by atomic mass is 9.43. The number of fused-ring (bicyclic) bond motifs is 4. The summed E-state index contributed by atoms with van der Waals surface area (Å²) in [6.45, 7) is 10.8. The van der Waals surface area contributed by atoms with Crippen molar-refractivity contribution in [3.63, 3.8) is 0 Å². The number of ether oxygens (including phenoxy) is 3. The molecule has 0 radical (unpaired) electrons. The van der Waals surface area contributed by atoms with Gasteiger partial charge in [0, 0.05) is 18.9 Å². The van der Waals surface area contributed by atoms with Crippen molar-refractivity contribution in [1.82, 2.24) is 0 Å². The molecule has 1 saturated heterocycles. The molecule has 14 atom stereocenters. The normalized spacial score (nSPS) is 49.7. The Balaban J connectivity index is 1.11. The van der Waals surface area contributed by atoms with Crippen molar-refractivity contribution in [3.8, 4) is 0 Å². The number of aliphatic hydroxyl groups is 4. The van der Waals surface area contributed by atoms with Gasteiger partial charge in [0.05, 0.1) is 12.7 Å². The average molecular weight is 607 g/mol. The van der Waals surface area contributed by atoms with E-state index in [1.807, 2.05) is 13.8 Å². The van der Waals surface area contributed by atoms with Gasteiger partial charge in [-0.25, -0.2) is 0 Å². The summed E-state index contributed by atoms with van der Waals surface area (Å²) in [6.07, 6.45) is 8.70. The molecule has 8 nitrogen and oxygen atoms in total. The van der Waals surface area contributed by atoms with Crippen LogP contribution in [0.5, 0.6) is 0 Å². The molecular formula is C35H58O8. The highest BCUT2D eigenvalue weighted by atomic mass is 16.7. The highest BCUT2D eigenvalue weighted by molar-refractivity contribution is 5.66. The second-order valence-corrected chi connectivity index (χ2v) is 16.7. The Kier molecular flexibility index (Phi) is 8.59. The van der Waals surface area contributed by atoms with E-state index in [2.05, 4.69) is 13.8 Å². The van der Waals surface area contributed by atoms with Gasteiger partial charge in [0.25, 0.3) is 0 Å². The number of hydrogen-bond acceptors (Lipinski definition) is 8. The molecule has 1 unspecified atom stereocenters. The number of carbonyl (C=O) groups excluding carboxylic acids is 1. The van der Waals surface area contributed by atoms with E-state index in [0.29, 0.717) is 29.1 Å². The molecule has 6 fully saturated rings. The van der Waals surface area contributed by atoms with Crippen molar-refractivity contribution in [2.45, 2.75) is 148 Å². The van der Waals surface area contributed by atoms with Crippen LogP contribution in [-0.4, -0.2) is 75.9 Å². The maximum atomic E-state index is 11.5. The molecule has 0 aromatic carbocycles. The smallest absolute Gasteiger partial charge is 0.303 e. The molecule has 5 aliphatic carbocycles. The zero-order valence-electron chi connectivity index (χ0n) is 27.2. The number of rotatable bonds is 9. The number of hydrogen-bond donors (Lipinski definition) is 4. The van der Waals surface area contributed by atoms with Gasteiger partial charge in [-0.2, -0.15) is 0 Å². The zero-order valence-corrected chi connectivity index (χ0v) is 27.2. The van der Waals surface area contributed by atoms with Gasteiger partial charge in [0.2, 0.25) is 0 Å². The molecule has 246 valence electrons. The topological polar surface area (TPSA) is 126 Å². The molecule has 0 aromatic heterocycles. The fourth-order valence-corrected chi connectivity index (χ4v) is 12.1. The van der Waals surface area contributed by atoms with Gasteiger partial charge in [-0.05, 0) is 131 Å². The summed E-state index contributed by atoms with van der Waals surface area (Å²) < 4.78 is 17.4. The van der Waals surface area contributed by atoms with Crippen molar-refractivity contribution < 1.29 is 39.4 Å². The fourth-order valence-electron chi connectivity index (χ4n) is 12.1. The molecule has 1 aliphatic heterocycles. The minimum Gasteiger partial charge on any atom is -0.460 e. The molecule has 6 aliphatic rings. The number of aliphatic hydroxyl groups excluding tert-OH is 4. The van der Waals surface area contributed by atoms with Crippen LogP contribution in [-0.2, 0) is 19.0 Å². The van der Waals surface area contributed by atoms with Crippen LogP contribution in [0.4, 0.5) is 0 Å². The first-order valence-electron chi connectivity index (χ1n) is 17.4. The molecule has 1 heterocycles. The van der Waals surface area contributed by atoms with E-state index in [9.17, 15) is 25.2 Å². The molecule has 43 heavy (non-hydrogen) atoms. The lowest BCUT2D eigenvalue weighted by Crippen LogP contribution is -2.59. The maximum absolute atomic E-state index is 11.5. The Morgan fingerprint density at radius 1 is 1.05 bits per heavy atom. The Morgan fingerprint density at radius 3 is 2.53 bits per heavy atom. The molecule has 1 spiro atoms. The van der Waals surface area contributed by atoms with E-state index in [1.165, 1.54) is 45.4 Å². The summed E-state index contributed by atoms with van der Waals surface area (Å²) in [7, 11) is 0. The first kappa shape index (κ1) is 32.2. The number of esters is 1.